The first-order valence-corrected chi connectivity index (χ1v) is 14.6. The van der Waals surface area contributed by atoms with Crippen molar-refractivity contribution < 1.29 is 4.79 Å². The van der Waals surface area contributed by atoms with Crippen LogP contribution in [0.4, 0.5) is 5.82 Å². The van der Waals surface area contributed by atoms with Gasteiger partial charge >= 0.3 is 88.8 Å². The number of hydrogen-bond acceptors (Lipinski definition) is 2. The summed E-state index contributed by atoms with van der Waals surface area (Å²) in [5.74, 6) is 0.598. The van der Waals surface area contributed by atoms with E-state index in [9.17, 15) is 4.79 Å². The Morgan fingerprint density at radius 1 is 1.43 bits per heavy atom. The van der Waals surface area contributed by atoms with E-state index in [0.717, 1.165) is 0 Å². The Morgan fingerprint density at radius 3 is 2.57 bits per heavy atom. The second-order valence-electron chi connectivity index (χ2n) is 4.36. The van der Waals surface area contributed by atoms with Gasteiger partial charge in [-0.15, -0.1) is 0 Å². The van der Waals surface area contributed by atoms with Crippen molar-refractivity contribution in [2.24, 2.45) is 0 Å². The zero-order valence-corrected chi connectivity index (χ0v) is 11.9. The van der Waals surface area contributed by atoms with E-state index in [1.54, 1.807) is 6.20 Å². The average molecular weight is 299 g/mol. The normalized spacial score (nSPS) is 11.1. The Kier molecular flexibility index (Phi) is 3.53. The summed E-state index contributed by atoms with van der Waals surface area (Å²) in [6.07, 6.45) is 1.77. The molecule has 0 saturated heterocycles. The van der Waals surface area contributed by atoms with Gasteiger partial charge in [-0.3, -0.25) is 0 Å². The van der Waals surface area contributed by atoms with Crippen molar-refractivity contribution in [3.8, 4) is 0 Å². The van der Waals surface area contributed by atoms with Crippen LogP contribution in [0.5, 0.6) is 0 Å². The molecular weight excluding hydrogens is 283 g/mol. The van der Waals surface area contributed by atoms with Gasteiger partial charge < -0.3 is 0 Å². The van der Waals surface area contributed by atoms with Crippen LogP contribution in [0.25, 0.3) is 0 Å². The quantitative estimate of drug-likeness (QED) is 0.843. The number of carbonyl (C=O) groups excluding carboxylic acids is 1. The molecule has 0 aliphatic rings. The molecule has 1 aromatic heterocycles. The van der Waals surface area contributed by atoms with Crippen LogP contribution < -0.4 is 8.90 Å². The van der Waals surface area contributed by atoms with Gasteiger partial charge in [0.25, 0.3) is 0 Å². The minimum absolute atomic E-state index is 0.0706. The van der Waals surface area contributed by atoms with Crippen LogP contribution in [0, 0.1) is 0 Å². The first-order chi connectivity index (χ1) is 6.39. The molecule has 0 atom stereocenters. The molecule has 0 aliphatic heterocycles. The van der Waals surface area contributed by atoms with Crippen molar-refractivity contribution in [2.75, 3.05) is 5.32 Å². The molecule has 4 heteroatoms. The Hall–Kier alpha value is -0.581. The Morgan fingerprint density at radius 2 is 2.07 bits per heavy atom. The summed E-state index contributed by atoms with van der Waals surface area (Å²) >= 11 is -2.02. The third kappa shape index (κ3) is 3.29. The molecule has 0 radical (unpaired) electrons. The van der Waals surface area contributed by atoms with E-state index in [2.05, 4.69) is 31.2 Å². The van der Waals surface area contributed by atoms with E-state index in [1.807, 2.05) is 6.07 Å². The number of hydrogen-bond donors (Lipinski definition) is 1. The monoisotopic (exact) mass is 300 g/mol. The number of aromatic nitrogens is 1. The summed E-state index contributed by atoms with van der Waals surface area (Å²) in [5, 5.41) is 2.70. The van der Waals surface area contributed by atoms with Crippen molar-refractivity contribution >= 4 is 33.7 Å². The number of rotatable bonds is 2. The van der Waals surface area contributed by atoms with Gasteiger partial charge in [0.05, 0.1) is 0 Å². The molecule has 0 spiro atoms. The van der Waals surface area contributed by atoms with Gasteiger partial charge in [-0.05, 0) is 0 Å². The Labute approximate surface area is 88.8 Å². The van der Waals surface area contributed by atoms with E-state index >= 15 is 0 Å². The number of amides is 1. The molecule has 0 aromatic carbocycles. The molecule has 1 N–H and O–H groups in total. The zero-order chi connectivity index (χ0) is 10.8. The molecule has 0 bridgehead atoms. The molecule has 0 unspecified atom stereocenters. The number of anilines is 1. The maximum atomic E-state index is 10.8. The second kappa shape index (κ2) is 4.29. The molecular formula is C10H16N2OSn. The average Bonchev–Trinajstić information content (AvgIpc) is 2.01. The van der Waals surface area contributed by atoms with Crippen LogP contribution in [0.3, 0.4) is 0 Å². The van der Waals surface area contributed by atoms with Crippen LogP contribution in [0.15, 0.2) is 18.3 Å². The van der Waals surface area contributed by atoms with Gasteiger partial charge in [0.2, 0.25) is 0 Å². The number of nitrogens with zero attached hydrogens (tertiary/aromatic N) is 1. The van der Waals surface area contributed by atoms with Crippen molar-refractivity contribution in [2.45, 2.75) is 21.7 Å². The van der Waals surface area contributed by atoms with Crippen LogP contribution in [0.2, 0.25) is 14.8 Å². The first kappa shape index (κ1) is 11.5. The molecule has 1 amide bonds. The summed E-state index contributed by atoms with van der Waals surface area (Å²) in [5.41, 5.74) is 0. The maximum absolute atomic E-state index is 10.8. The van der Waals surface area contributed by atoms with Crippen LogP contribution in [0.1, 0.15) is 6.92 Å². The molecule has 0 fully saturated rings. The van der Waals surface area contributed by atoms with Gasteiger partial charge in [-0.25, -0.2) is 0 Å². The molecule has 0 aliphatic carbocycles. The van der Waals surface area contributed by atoms with Gasteiger partial charge in [0, 0.05) is 0 Å². The fourth-order valence-electron chi connectivity index (χ4n) is 1.15. The van der Waals surface area contributed by atoms with Gasteiger partial charge in [0.1, 0.15) is 0 Å². The van der Waals surface area contributed by atoms with Crippen LogP contribution in [-0.2, 0) is 4.79 Å². The summed E-state index contributed by atoms with van der Waals surface area (Å²) in [4.78, 5) is 21.9. The summed E-state index contributed by atoms with van der Waals surface area (Å²) in [7, 11) is 0. The fraction of sp³-hybridized carbons (Fsp3) is 0.400. The van der Waals surface area contributed by atoms with Crippen molar-refractivity contribution in [3.63, 3.8) is 0 Å². The summed E-state index contributed by atoms with van der Waals surface area (Å²) in [6.45, 7) is 1.49. The van der Waals surface area contributed by atoms with Gasteiger partial charge in [-0.1, -0.05) is 0 Å². The number of pyridine rings is 1. The molecule has 1 aromatic rings. The van der Waals surface area contributed by atoms with E-state index in [1.165, 1.54) is 10.5 Å². The first-order valence-electron chi connectivity index (χ1n) is 4.64. The van der Waals surface area contributed by atoms with Crippen LogP contribution in [-0.4, -0.2) is 29.3 Å². The summed E-state index contributed by atoms with van der Waals surface area (Å²) in [6, 6.07) is 4.05. The third-order valence-electron chi connectivity index (χ3n) is 1.93. The predicted octanol–water partition coefficient (Wildman–Crippen LogP) is 1.59. The third-order valence-corrected chi connectivity index (χ3v) is 7.76. The van der Waals surface area contributed by atoms with E-state index in [-0.39, 0.29) is 5.91 Å². The van der Waals surface area contributed by atoms with E-state index < -0.39 is 18.4 Å². The van der Waals surface area contributed by atoms with Crippen molar-refractivity contribution in [1.29, 1.82) is 0 Å². The van der Waals surface area contributed by atoms with E-state index in [4.69, 9.17) is 0 Å². The summed E-state index contributed by atoms with van der Waals surface area (Å²) < 4.78 is 1.37. The Bertz CT molecular complexity index is 344. The zero-order valence-electron chi connectivity index (χ0n) is 9.09. The number of carbonyl (C=O) groups is 1. The van der Waals surface area contributed by atoms with Crippen LogP contribution >= 0.6 is 0 Å². The topological polar surface area (TPSA) is 42.0 Å². The minimum atomic E-state index is -2.02. The molecule has 1 rings (SSSR count). The second-order valence-corrected chi connectivity index (χ2v) is 18.9. The molecule has 0 saturated carbocycles. The Balaban J connectivity index is 2.95. The molecule has 14 heavy (non-hydrogen) atoms. The fourth-order valence-corrected chi connectivity index (χ4v) is 4.41. The van der Waals surface area contributed by atoms with Crippen molar-refractivity contribution in [3.05, 3.63) is 18.3 Å². The molecule has 1 heterocycles. The van der Waals surface area contributed by atoms with E-state index in [0.29, 0.717) is 5.82 Å². The molecule has 3 nitrogen and oxygen atoms in total. The van der Waals surface area contributed by atoms with Gasteiger partial charge in [0.15, 0.2) is 0 Å². The standard InChI is InChI=1S/C7H7N2O.3CH3.Sn/c1-6(10)9-7-4-2-3-5-8-7;;;;/h3-5H,1H3,(H,8,9,10);3*1H3;. The van der Waals surface area contributed by atoms with Crippen molar-refractivity contribution in [1.82, 2.24) is 4.98 Å². The SMILES string of the molecule is CC(=O)Nc1c[c]([Sn]([CH3])([CH3])[CH3])ccn1. The van der Waals surface area contributed by atoms with Gasteiger partial charge in [-0.2, -0.15) is 0 Å². The predicted molar refractivity (Wildman–Crippen MR) is 61.5 cm³/mol. The number of nitrogens with one attached hydrogen (secondary N) is 1. The molecule has 76 valence electrons.